The summed E-state index contributed by atoms with van der Waals surface area (Å²) in [6.45, 7) is 0.876. The van der Waals surface area contributed by atoms with Crippen molar-refractivity contribution in [3.63, 3.8) is 0 Å². The highest BCUT2D eigenvalue weighted by Crippen LogP contribution is 2.44. The van der Waals surface area contributed by atoms with Gasteiger partial charge in [-0.15, -0.1) is 0 Å². The van der Waals surface area contributed by atoms with Gasteiger partial charge < -0.3 is 25.2 Å². The van der Waals surface area contributed by atoms with E-state index < -0.39 is 23.4 Å². The number of nitrogens with one attached hydrogen (secondary N) is 2. The molecule has 0 unspecified atom stereocenters. The van der Waals surface area contributed by atoms with Crippen LogP contribution in [-0.4, -0.2) is 55.5 Å². The lowest BCUT2D eigenvalue weighted by Crippen LogP contribution is -2.53. The summed E-state index contributed by atoms with van der Waals surface area (Å²) in [5.74, 6) is -1.55. The van der Waals surface area contributed by atoms with Crippen molar-refractivity contribution in [3.8, 4) is 11.1 Å². The molecule has 35 heavy (non-hydrogen) atoms. The fourth-order valence-electron chi connectivity index (χ4n) is 5.39. The largest absolute Gasteiger partial charge is 0.481 e. The number of alkyl carbamates (subject to hydrolysis) is 1. The van der Waals surface area contributed by atoms with Crippen LogP contribution in [0.1, 0.15) is 42.7 Å². The third-order valence-corrected chi connectivity index (χ3v) is 7.63. The summed E-state index contributed by atoms with van der Waals surface area (Å²) in [5, 5.41) is 14.8. The molecule has 0 radical (unpaired) electrons. The molecule has 8 nitrogen and oxygen atoms in total. The summed E-state index contributed by atoms with van der Waals surface area (Å²) in [5.41, 5.74) is 3.98. The van der Waals surface area contributed by atoms with Crippen molar-refractivity contribution >= 4 is 18.0 Å². The zero-order valence-electron chi connectivity index (χ0n) is 19.5. The summed E-state index contributed by atoms with van der Waals surface area (Å²) in [4.78, 5) is 36.5. The fraction of sp³-hybridized carbons (Fsp3) is 0.444. The van der Waals surface area contributed by atoms with Crippen molar-refractivity contribution < 1.29 is 29.0 Å². The molecule has 5 rings (SSSR count). The molecule has 8 heteroatoms. The van der Waals surface area contributed by atoms with Gasteiger partial charge in [0.25, 0.3) is 0 Å². The molecule has 1 saturated heterocycles. The van der Waals surface area contributed by atoms with Crippen molar-refractivity contribution in [1.29, 1.82) is 0 Å². The Bertz CT molecular complexity index is 1080. The number of fused-ring (bicyclic) bond motifs is 3. The van der Waals surface area contributed by atoms with Crippen LogP contribution >= 0.6 is 0 Å². The maximum Gasteiger partial charge on any atom is 0.407 e. The van der Waals surface area contributed by atoms with E-state index in [9.17, 15) is 14.4 Å². The number of hydrogen-bond donors (Lipinski definition) is 3. The molecule has 2 atom stereocenters. The number of carboxylic acid groups (broad SMARTS) is 1. The Balaban J connectivity index is 1.12. The Kier molecular flexibility index (Phi) is 6.47. The number of aliphatic carboxylic acids is 1. The average molecular weight is 479 g/mol. The Morgan fingerprint density at radius 2 is 1.66 bits per heavy atom. The van der Waals surface area contributed by atoms with E-state index in [0.717, 1.165) is 17.5 Å². The standard InChI is InChI=1S/C27H30N2O6/c30-24(31)17-12-18(34-14-17)13-28-25(32)27(10-5-11-27)16-29-26(33)35-15-23-21-8-3-1-6-19(21)20-7-2-4-9-22(20)23/h1-4,6-9,17-18,23H,5,10-16H2,(H,28,32)(H,29,33)(H,30,31)/t17-,18-/m0/s1. The number of carboxylic acids is 1. The maximum absolute atomic E-state index is 12.9. The Hall–Kier alpha value is -3.39. The van der Waals surface area contributed by atoms with Crippen LogP contribution in [0.5, 0.6) is 0 Å². The first-order valence-corrected chi connectivity index (χ1v) is 12.2. The summed E-state index contributed by atoms with van der Waals surface area (Å²) in [6, 6.07) is 16.3. The zero-order valence-corrected chi connectivity index (χ0v) is 19.5. The van der Waals surface area contributed by atoms with Gasteiger partial charge in [0.1, 0.15) is 6.61 Å². The van der Waals surface area contributed by atoms with E-state index in [4.69, 9.17) is 14.6 Å². The number of benzene rings is 2. The topological polar surface area (TPSA) is 114 Å². The number of rotatable bonds is 8. The van der Waals surface area contributed by atoms with Gasteiger partial charge in [-0.25, -0.2) is 4.79 Å². The third kappa shape index (κ3) is 4.62. The molecule has 0 bridgehead atoms. The number of hydrogen-bond acceptors (Lipinski definition) is 5. The summed E-state index contributed by atoms with van der Waals surface area (Å²) in [6.07, 6.45) is 1.85. The molecule has 2 fully saturated rings. The SMILES string of the molecule is O=C(NCC1(C(=O)NC[C@@H]2C[C@H](C(=O)O)CO2)CCC1)OCC1c2ccccc2-c2ccccc21. The van der Waals surface area contributed by atoms with Gasteiger partial charge in [0.05, 0.1) is 24.0 Å². The highest BCUT2D eigenvalue weighted by atomic mass is 16.5. The van der Waals surface area contributed by atoms with Gasteiger partial charge in [-0.2, -0.15) is 0 Å². The fourth-order valence-corrected chi connectivity index (χ4v) is 5.39. The van der Waals surface area contributed by atoms with Crippen molar-refractivity contribution in [2.75, 3.05) is 26.3 Å². The average Bonchev–Trinajstić information content (AvgIpc) is 3.44. The van der Waals surface area contributed by atoms with Gasteiger partial charge in [-0.3, -0.25) is 9.59 Å². The third-order valence-electron chi connectivity index (χ3n) is 7.63. The molecule has 184 valence electrons. The van der Waals surface area contributed by atoms with Crippen LogP contribution in [0.15, 0.2) is 48.5 Å². The monoisotopic (exact) mass is 478 g/mol. The molecule has 3 aliphatic rings. The first-order valence-electron chi connectivity index (χ1n) is 12.2. The minimum absolute atomic E-state index is 0.0184. The molecule has 1 aliphatic heterocycles. The minimum Gasteiger partial charge on any atom is -0.481 e. The zero-order chi connectivity index (χ0) is 24.4. The van der Waals surface area contributed by atoms with Crippen molar-refractivity contribution in [1.82, 2.24) is 10.6 Å². The molecule has 2 aromatic rings. The Morgan fingerprint density at radius 3 is 2.23 bits per heavy atom. The molecule has 2 amide bonds. The quantitative estimate of drug-likeness (QED) is 0.537. The van der Waals surface area contributed by atoms with Gasteiger partial charge in [-0.1, -0.05) is 55.0 Å². The van der Waals surface area contributed by atoms with Crippen molar-refractivity contribution in [3.05, 3.63) is 59.7 Å². The van der Waals surface area contributed by atoms with Crippen LogP contribution in [0.4, 0.5) is 4.79 Å². The first-order chi connectivity index (χ1) is 17.0. The van der Waals surface area contributed by atoms with Crippen LogP contribution in [0, 0.1) is 11.3 Å². The van der Waals surface area contributed by atoms with Crippen LogP contribution in [0.25, 0.3) is 11.1 Å². The van der Waals surface area contributed by atoms with Crippen LogP contribution in [-0.2, 0) is 19.1 Å². The molecule has 2 aliphatic carbocycles. The summed E-state index contributed by atoms with van der Waals surface area (Å²) >= 11 is 0. The molecule has 0 aromatic heterocycles. The molecular weight excluding hydrogens is 448 g/mol. The highest BCUT2D eigenvalue weighted by molar-refractivity contribution is 5.84. The van der Waals surface area contributed by atoms with E-state index in [-0.39, 0.29) is 44.2 Å². The van der Waals surface area contributed by atoms with Crippen molar-refractivity contribution in [2.24, 2.45) is 11.3 Å². The molecule has 1 saturated carbocycles. The maximum atomic E-state index is 12.9. The number of ether oxygens (including phenoxy) is 2. The van der Waals surface area contributed by atoms with Gasteiger partial charge in [0.15, 0.2) is 0 Å². The summed E-state index contributed by atoms with van der Waals surface area (Å²) < 4.78 is 11.1. The predicted octanol–water partition coefficient (Wildman–Crippen LogP) is 3.30. The molecule has 3 N–H and O–H groups in total. The molecular formula is C27H30N2O6. The second-order valence-electron chi connectivity index (χ2n) is 9.75. The van der Waals surface area contributed by atoms with Gasteiger partial charge in [0.2, 0.25) is 5.91 Å². The lowest BCUT2D eigenvalue weighted by atomic mass is 9.68. The predicted molar refractivity (Wildman–Crippen MR) is 128 cm³/mol. The lowest BCUT2D eigenvalue weighted by Gasteiger charge is -2.40. The molecule has 0 spiro atoms. The van der Waals surface area contributed by atoms with Gasteiger partial charge in [-0.05, 0) is 41.5 Å². The number of amides is 2. The first kappa shape index (κ1) is 23.4. The van der Waals surface area contributed by atoms with E-state index in [0.29, 0.717) is 19.3 Å². The van der Waals surface area contributed by atoms with Crippen molar-refractivity contribution in [2.45, 2.75) is 37.7 Å². The van der Waals surface area contributed by atoms with Crippen LogP contribution in [0.3, 0.4) is 0 Å². The normalized spacial score (nSPS) is 21.9. The van der Waals surface area contributed by atoms with Crippen LogP contribution in [0.2, 0.25) is 0 Å². The smallest absolute Gasteiger partial charge is 0.407 e. The van der Waals surface area contributed by atoms with Gasteiger partial charge in [0, 0.05) is 19.0 Å². The van der Waals surface area contributed by atoms with E-state index in [2.05, 4.69) is 34.9 Å². The Labute approximate surface area is 204 Å². The lowest BCUT2D eigenvalue weighted by molar-refractivity contribution is -0.141. The minimum atomic E-state index is -0.874. The van der Waals surface area contributed by atoms with E-state index in [1.165, 1.54) is 11.1 Å². The van der Waals surface area contributed by atoms with E-state index in [1.54, 1.807) is 0 Å². The molecule has 2 aromatic carbocycles. The van der Waals surface area contributed by atoms with Gasteiger partial charge >= 0.3 is 12.1 Å². The number of carbonyl (C=O) groups excluding carboxylic acids is 2. The van der Waals surface area contributed by atoms with Crippen LogP contribution < -0.4 is 10.6 Å². The second-order valence-corrected chi connectivity index (χ2v) is 9.75. The summed E-state index contributed by atoms with van der Waals surface area (Å²) in [7, 11) is 0. The Morgan fingerprint density at radius 1 is 1.00 bits per heavy atom. The van der Waals surface area contributed by atoms with E-state index in [1.807, 2.05) is 24.3 Å². The highest BCUT2D eigenvalue weighted by Gasteiger charge is 2.45. The second kappa shape index (κ2) is 9.70. The van der Waals surface area contributed by atoms with E-state index >= 15 is 0 Å². The number of carbonyl (C=O) groups is 3. The molecule has 1 heterocycles.